The van der Waals surface area contributed by atoms with Crippen LogP contribution in [0.15, 0.2) is 24.3 Å². The third kappa shape index (κ3) is 2.43. The molecule has 1 aromatic carbocycles. The van der Waals surface area contributed by atoms with Crippen LogP contribution < -0.4 is 11.1 Å². The highest BCUT2D eigenvalue weighted by Crippen LogP contribution is 2.44. The van der Waals surface area contributed by atoms with E-state index >= 15 is 0 Å². The minimum atomic E-state index is -1.00. The maximum absolute atomic E-state index is 12.4. The quantitative estimate of drug-likeness (QED) is 0.752. The van der Waals surface area contributed by atoms with Crippen molar-refractivity contribution in [3.63, 3.8) is 0 Å². The van der Waals surface area contributed by atoms with E-state index in [1.807, 2.05) is 0 Å². The van der Waals surface area contributed by atoms with Crippen LogP contribution in [0, 0.1) is 11.8 Å². The summed E-state index contributed by atoms with van der Waals surface area (Å²) in [6, 6.07) is 6.12. The molecular formula is C15H16N2O5. The van der Waals surface area contributed by atoms with Gasteiger partial charge < -0.3 is 20.9 Å². The Labute approximate surface area is 126 Å². The lowest BCUT2D eigenvalue weighted by Crippen LogP contribution is -2.40. The fraction of sp³-hybridized carbons (Fsp3) is 0.400. The molecule has 0 spiro atoms. The van der Waals surface area contributed by atoms with Crippen molar-refractivity contribution in [2.75, 3.05) is 5.32 Å². The van der Waals surface area contributed by atoms with Gasteiger partial charge in [0.2, 0.25) is 11.8 Å². The van der Waals surface area contributed by atoms with E-state index in [4.69, 9.17) is 10.5 Å². The molecular weight excluding hydrogens is 288 g/mol. The summed E-state index contributed by atoms with van der Waals surface area (Å²) in [5, 5.41) is 12.0. The Morgan fingerprint density at radius 3 is 2.23 bits per heavy atom. The van der Waals surface area contributed by atoms with Crippen molar-refractivity contribution in [3.8, 4) is 0 Å². The summed E-state index contributed by atoms with van der Waals surface area (Å²) in [5.41, 5.74) is 5.97. The lowest BCUT2D eigenvalue weighted by molar-refractivity contribution is -0.147. The Balaban J connectivity index is 1.73. The number of carboxylic acid groups (broad SMARTS) is 1. The molecule has 1 aromatic rings. The first-order chi connectivity index (χ1) is 10.5. The van der Waals surface area contributed by atoms with E-state index in [0.717, 1.165) is 0 Å². The van der Waals surface area contributed by atoms with E-state index in [0.29, 0.717) is 24.1 Å². The number of hydrogen-bond acceptors (Lipinski definition) is 4. The van der Waals surface area contributed by atoms with Gasteiger partial charge in [-0.3, -0.25) is 14.4 Å². The number of nitrogens with one attached hydrogen (secondary N) is 1. The summed E-state index contributed by atoms with van der Waals surface area (Å²) < 4.78 is 5.57. The Hall–Kier alpha value is -2.41. The van der Waals surface area contributed by atoms with E-state index < -0.39 is 23.7 Å². The van der Waals surface area contributed by atoms with Crippen molar-refractivity contribution >= 4 is 23.5 Å². The number of anilines is 1. The third-order valence-corrected chi connectivity index (χ3v) is 4.30. The number of hydrogen-bond donors (Lipinski definition) is 3. The predicted octanol–water partition coefficient (Wildman–Crippen LogP) is 0.602. The Bertz CT molecular complexity index is 627. The van der Waals surface area contributed by atoms with Crippen LogP contribution in [0.4, 0.5) is 5.69 Å². The minimum Gasteiger partial charge on any atom is -0.481 e. The van der Waals surface area contributed by atoms with E-state index in [1.54, 1.807) is 12.1 Å². The highest BCUT2D eigenvalue weighted by Gasteiger charge is 2.55. The zero-order valence-electron chi connectivity index (χ0n) is 11.7. The summed E-state index contributed by atoms with van der Waals surface area (Å²) in [5.74, 6) is -3.41. The number of aliphatic carboxylic acids is 1. The Morgan fingerprint density at radius 2 is 1.68 bits per heavy atom. The van der Waals surface area contributed by atoms with Crippen molar-refractivity contribution in [1.82, 2.24) is 0 Å². The molecule has 4 atom stereocenters. The molecule has 0 aliphatic carbocycles. The van der Waals surface area contributed by atoms with Crippen LogP contribution in [0.1, 0.15) is 23.2 Å². The van der Waals surface area contributed by atoms with Gasteiger partial charge in [0.05, 0.1) is 24.0 Å². The Kier molecular flexibility index (Phi) is 3.58. The van der Waals surface area contributed by atoms with Crippen LogP contribution in [-0.2, 0) is 14.3 Å². The second-order valence-electron chi connectivity index (χ2n) is 5.61. The van der Waals surface area contributed by atoms with Gasteiger partial charge in [-0.15, -0.1) is 0 Å². The van der Waals surface area contributed by atoms with Crippen molar-refractivity contribution in [3.05, 3.63) is 29.8 Å². The van der Waals surface area contributed by atoms with Gasteiger partial charge in [0.25, 0.3) is 0 Å². The number of amides is 2. The summed E-state index contributed by atoms with van der Waals surface area (Å²) in [6.45, 7) is 0. The maximum Gasteiger partial charge on any atom is 0.310 e. The zero-order chi connectivity index (χ0) is 15.9. The van der Waals surface area contributed by atoms with Crippen LogP contribution in [0.2, 0.25) is 0 Å². The fourth-order valence-corrected chi connectivity index (χ4v) is 3.27. The Morgan fingerprint density at radius 1 is 1.09 bits per heavy atom. The highest BCUT2D eigenvalue weighted by atomic mass is 16.5. The van der Waals surface area contributed by atoms with Gasteiger partial charge in [0.1, 0.15) is 0 Å². The molecule has 3 rings (SSSR count). The normalized spacial score (nSPS) is 29.3. The number of carbonyl (C=O) groups is 3. The molecule has 2 heterocycles. The lowest BCUT2D eigenvalue weighted by atomic mass is 9.78. The molecule has 116 valence electrons. The van der Waals surface area contributed by atoms with Crippen molar-refractivity contribution in [2.24, 2.45) is 17.6 Å². The number of ether oxygens (including phenoxy) is 1. The van der Waals surface area contributed by atoms with E-state index in [2.05, 4.69) is 5.32 Å². The summed E-state index contributed by atoms with van der Waals surface area (Å²) in [6.07, 6.45) is 0.665. The van der Waals surface area contributed by atoms with Crippen molar-refractivity contribution < 1.29 is 24.2 Å². The molecule has 2 aliphatic rings. The van der Waals surface area contributed by atoms with Crippen LogP contribution in [0.5, 0.6) is 0 Å². The standard InChI is InChI=1S/C15H16N2O5/c16-13(18)7-1-3-8(4-2-7)17-14(19)11-9-5-6-10(22-9)12(11)15(20)21/h1-4,9-12H,5-6H2,(H2,16,18)(H,17,19)(H,20,21). The van der Waals surface area contributed by atoms with Crippen molar-refractivity contribution in [1.29, 1.82) is 0 Å². The van der Waals surface area contributed by atoms with Gasteiger partial charge in [0, 0.05) is 11.3 Å². The molecule has 4 unspecified atom stereocenters. The minimum absolute atomic E-state index is 0.337. The number of carboxylic acids is 1. The summed E-state index contributed by atoms with van der Waals surface area (Å²) >= 11 is 0. The topological polar surface area (TPSA) is 119 Å². The van der Waals surface area contributed by atoms with Gasteiger partial charge in [-0.05, 0) is 37.1 Å². The van der Waals surface area contributed by atoms with Crippen LogP contribution in [-0.4, -0.2) is 35.1 Å². The smallest absolute Gasteiger partial charge is 0.310 e. The zero-order valence-corrected chi connectivity index (χ0v) is 11.7. The van der Waals surface area contributed by atoms with E-state index in [1.165, 1.54) is 12.1 Å². The van der Waals surface area contributed by atoms with E-state index in [9.17, 15) is 19.5 Å². The third-order valence-electron chi connectivity index (χ3n) is 4.30. The first-order valence-electron chi connectivity index (χ1n) is 7.06. The monoisotopic (exact) mass is 304 g/mol. The molecule has 7 nitrogen and oxygen atoms in total. The van der Waals surface area contributed by atoms with E-state index in [-0.39, 0.29) is 18.1 Å². The second-order valence-corrected chi connectivity index (χ2v) is 5.61. The average Bonchev–Trinajstić information content (AvgIpc) is 3.08. The first-order valence-corrected chi connectivity index (χ1v) is 7.06. The molecule has 0 radical (unpaired) electrons. The van der Waals surface area contributed by atoms with Gasteiger partial charge in [-0.25, -0.2) is 0 Å². The molecule has 4 N–H and O–H groups in total. The van der Waals surface area contributed by atoms with Gasteiger partial charge in [-0.1, -0.05) is 0 Å². The summed E-state index contributed by atoms with van der Waals surface area (Å²) in [4.78, 5) is 34.8. The number of fused-ring (bicyclic) bond motifs is 2. The lowest BCUT2D eigenvalue weighted by Gasteiger charge is -2.23. The number of nitrogens with two attached hydrogens (primary N) is 1. The first kappa shape index (κ1) is 14.5. The number of benzene rings is 1. The predicted molar refractivity (Wildman–Crippen MR) is 76.1 cm³/mol. The fourth-order valence-electron chi connectivity index (χ4n) is 3.27. The molecule has 22 heavy (non-hydrogen) atoms. The van der Waals surface area contributed by atoms with Crippen LogP contribution >= 0.6 is 0 Å². The van der Waals surface area contributed by atoms with Gasteiger partial charge in [-0.2, -0.15) is 0 Å². The van der Waals surface area contributed by atoms with Crippen LogP contribution in [0.25, 0.3) is 0 Å². The second kappa shape index (κ2) is 5.42. The molecule has 2 bridgehead atoms. The molecule has 2 fully saturated rings. The molecule has 0 aromatic heterocycles. The molecule has 2 amide bonds. The molecule has 7 heteroatoms. The van der Waals surface area contributed by atoms with Crippen molar-refractivity contribution in [2.45, 2.75) is 25.0 Å². The number of carbonyl (C=O) groups excluding carboxylic acids is 2. The number of rotatable bonds is 4. The maximum atomic E-state index is 12.4. The molecule has 2 aliphatic heterocycles. The number of primary amides is 1. The molecule has 0 saturated carbocycles. The van der Waals surface area contributed by atoms with Crippen LogP contribution in [0.3, 0.4) is 0 Å². The SMILES string of the molecule is NC(=O)c1ccc(NC(=O)C2C3CCC(O3)C2C(=O)O)cc1. The van der Waals surface area contributed by atoms with Gasteiger partial charge in [0.15, 0.2) is 0 Å². The average molecular weight is 304 g/mol. The largest absolute Gasteiger partial charge is 0.481 e. The van der Waals surface area contributed by atoms with Gasteiger partial charge >= 0.3 is 5.97 Å². The molecule has 2 saturated heterocycles. The highest BCUT2D eigenvalue weighted by molar-refractivity contribution is 5.97. The summed E-state index contributed by atoms with van der Waals surface area (Å²) in [7, 11) is 0.